The Labute approximate surface area is 131 Å². The summed E-state index contributed by atoms with van der Waals surface area (Å²) < 4.78 is 40.0. The van der Waals surface area contributed by atoms with Crippen molar-refractivity contribution in [3.05, 3.63) is 42.7 Å². The largest absolute Gasteiger partial charge is 0.308 e. The average molecular weight is 324 g/mol. The van der Waals surface area contributed by atoms with Crippen LogP contribution in [0.1, 0.15) is 19.8 Å². The van der Waals surface area contributed by atoms with E-state index in [2.05, 4.69) is 11.9 Å². The van der Waals surface area contributed by atoms with Crippen LogP contribution in [0.4, 0.5) is 4.39 Å². The molecular formula is C16H21FN2O2S. The molecule has 0 aromatic heterocycles. The third-order valence-corrected chi connectivity index (χ3v) is 6.51. The highest BCUT2D eigenvalue weighted by Crippen LogP contribution is 2.50. The first-order valence-corrected chi connectivity index (χ1v) is 8.94. The molecule has 1 N–H and O–H groups in total. The molecule has 1 aromatic carbocycles. The van der Waals surface area contributed by atoms with Crippen molar-refractivity contribution in [2.45, 2.75) is 36.7 Å². The molecule has 1 saturated carbocycles. The predicted octanol–water partition coefficient (Wildman–Crippen LogP) is 2.14. The highest BCUT2D eigenvalue weighted by molar-refractivity contribution is 7.89. The zero-order valence-corrected chi connectivity index (χ0v) is 13.4. The summed E-state index contributed by atoms with van der Waals surface area (Å²) in [5, 5.41) is 3.44. The number of rotatable bonds is 5. The van der Waals surface area contributed by atoms with Crippen molar-refractivity contribution in [2.24, 2.45) is 5.41 Å². The molecule has 1 saturated heterocycles. The Kier molecular flexibility index (Phi) is 3.87. The van der Waals surface area contributed by atoms with Gasteiger partial charge >= 0.3 is 0 Å². The Balaban J connectivity index is 1.60. The Hall–Kier alpha value is -1.24. The molecule has 1 atom stereocenters. The monoisotopic (exact) mass is 324 g/mol. The van der Waals surface area contributed by atoms with Gasteiger partial charge in [0.15, 0.2) is 0 Å². The topological polar surface area (TPSA) is 49.4 Å². The van der Waals surface area contributed by atoms with E-state index in [0.29, 0.717) is 19.1 Å². The molecule has 3 rings (SSSR count). The lowest BCUT2D eigenvalue weighted by atomic mass is 9.61. The number of hydrogen-bond donors (Lipinski definition) is 1. The molecule has 1 aliphatic carbocycles. The first-order chi connectivity index (χ1) is 10.4. The molecule has 0 amide bonds. The van der Waals surface area contributed by atoms with Crippen LogP contribution >= 0.6 is 0 Å². The lowest BCUT2D eigenvalue weighted by Gasteiger charge is -2.58. The van der Waals surface area contributed by atoms with Crippen molar-refractivity contribution in [3.63, 3.8) is 0 Å². The van der Waals surface area contributed by atoms with Gasteiger partial charge in [-0.2, -0.15) is 4.31 Å². The van der Waals surface area contributed by atoms with E-state index in [1.165, 1.54) is 22.5 Å². The molecule has 1 unspecified atom stereocenters. The van der Waals surface area contributed by atoms with Gasteiger partial charge in [0.05, 0.1) is 0 Å². The van der Waals surface area contributed by atoms with Gasteiger partial charge in [-0.05, 0) is 31.9 Å². The number of hydrogen-bond acceptors (Lipinski definition) is 3. The Bertz CT molecular complexity index is 675. The van der Waals surface area contributed by atoms with E-state index in [9.17, 15) is 12.8 Å². The second kappa shape index (κ2) is 5.44. The van der Waals surface area contributed by atoms with E-state index in [0.717, 1.165) is 12.8 Å². The average Bonchev–Trinajstić information content (AvgIpc) is 2.39. The maximum Gasteiger partial charge on any atom is 0.246 e. The zero-order chi connectivity index (χ0) is 16.0. The lowest BCUT2D eigenvalue weighted by Crippen LogP contribution is -2.67. The SMILES string of the molecule is C=CC(C)NC1CC2(C1)CN(S(=O)(=O)c1ccccc1F)C2. The molecular weight excluding hydrogens is 303 g/mol. The Morgan fingerprint density at radius 2 is 2.05 bits per heavy atom. The summed E-state index contributed by atoms with van der Waals surface area (Å²) in [5.41, 5.74) is 0.0802. The lowest BCUT2D eigenvalue weighted by molar-refractivity contribution is -0.0350. The Morgan fingerprint density at radius 1 is 1.41 bits per heavy atom. The maximum atomic E-state index is 13.7. The molecule has 1 heterocycles. The second-order valence-corrected chi connectivity index (χ2v) is 8.41. The van der Waals surface area contributed by atoms with Crippen LogP contribution in [0.15, 0.2) is 41.8 Å². The molecule has 2 aliphatic rings. The van der Waals surface area contributed by atoms with Crippen LogP contribution in [0.2, 0.25) is 0 Å². The summed E-state index contributed by atoms with van der Waals surface area (Å²) in [4.78, 5) is -0.223. The van der Waals surface area contributed by atoms with Crippen LogP contribution < -0.4 is 5.32 Å². The second-order valence-electron chi connectivity index (χ2n) is 6.50. The van der Waals surface area contributed by atoms with Gasteiger partial charge in [-0.25, -0.2) is 12.8 Å². The van der Waals surface area contributed by atoms with Gasteiger partial charge in [0, 0.05) is 30.6 Å². The van der Waals surface area contributed by atoms with Gasteiger partial charge < -0.3 is 5.32 Å². The molecule has 120 valence electrons. The number of sulfonamides is 1. The van der Waals surface area contributed by atoms with Gasteiger partial charge in [0.25, 0.3) is 0 Å². The molecule has 1 spiro atoms. The van der Waals surface area contributed by atoms with Crippen molar-refractivity contribution in [1.82, 2.24) is 9.62 Å². The van der Waals surface area contributed by atoms with Gasteiger partial charge in [-0.3, -0.25) is 0 Å². The van der Waals surface area contributed by atoms with Crippen molar-refractivity contribution in [1.29, 1.82) is 0 Å². The summed E-state index contributed by atoms with van der Waals surface area (Å²) >= 11 is 0. The molecule has 1 aromatic rings. The molecule has 6 heteroatoms. The van der Waals surface area contributed by atoms with Crippen molar-refractivity contribution in [2.75, 3.05) is 13.1 Å². The first kappa shape index (κ1) is 15.6. The summed E-state index contributed by atoms with van der Waals surface area (Å²) in [5.74, 6) is -0.684. The van der Waals surface area contributed by atoms with Crippen LogP contribution in [0, 0.1) is 11.2 Å². The fourth-order valence-electron chi connectivity index (χ4n) is 3.47. The summed E-state index contributed by atoms with van der Waals surface area (Å²) in [6.45, 7) is 6.77. The molecule has 1 aliphatic heterocycles. The quantitative estimate of drug-likeness (QED) is 0.844. The highest BCUT2D eigenvalue weighted by Gasteiger charge is 2.55. The fraction of sp³-hybridized carbons (Fsp3) is 0.500. The summed E-state index contributed by atoms with van der Waals surface area (Å²) in [7, 11) is -3.70. The molecule has 2 fully saturated rings. The number of nitrogens with zero attached hydrogens (tertiary/aromatic N) is 1. The van der Waals surface area contributed by atoms with Gasteiger partial charge in [-0.15, -0.1) is 6.58 Å². The number of halogens is 1. The van der Waals surface area contributed by atoms with Crippen molar-refractivity contribution in [3.8, 4) is 0 Å². The fourth-order valence-corrected chi connectivity index (χ4v) is 5.20. The minimum atomic E-state index is -3.70. The van der Waals surface area contributed by atoms with E-state index >= 15 is 0 Å². The first-order valence-electron chi connectivity index (χ1n) is 7.50. The van der Waals surface area contributed by atoms with E-state index < -0.39 is 15.8 Å². The van der Waals surface area contributed by atoms with Crippen LogP contribution in [0.5, 0.6) is 0 Å². The third kappa shape index (κ3) is 2.59. The van der Waals surface area contributed by atoms with E-state index in [4.69, 9.17) is 0 Å². The van der Waals surface area contributed by atoms with Crippen LogP contribution in [0.3, 0.4) is 0 Å². The predicted molar refractivity (Wildman–Crippen MR) is 83.4 cm³/mol. The summed E-state index contributed by atoms with van der Waals surface area (Å²) in [6, 6.07) is 6.24. The van der Waals surface area contributed by atoms with E-state index in [-0.39, 0.29) is 16.4 Å². The standard InChI is InChI=1S/C16H21FN2O2S/c1-3-12(2)18-13-8-16(9-13)10-19(11-16)22(20,21)15-7-5-4-6-14(15)17/h3-7,12-13,18H,1,8-11H2,2H3. The van der Waals surface area contributed by atoms with Crippen molar-refractivity contribution >= 4 is 10.0 Å². The minimum Gasteiger partial charge on any atom is -0.308 e. The molecule has 0 radical (unpaired) electrons. The van der Waals surface area contributed by atoms with Crippen LogP contribution in [0.25, 0.3) is 0 Å². The van der Waals surface area contributed by atoms with E-state index in [1.54, 1.807) is 6.07 Å². The highest BCUT2D eigenvalue weighted by atomic mass is 32.2. The van der Waals surface area contributed by atoms with Crippen LogP contribution in [-0.2, 0) is 10.0 Å². The Morgan fingerprint density at radius 3 is 2.64 bits per heavy atom. The maximum absolute atomic E-state index is 13.7. The molecule has 22 heavy (non-hydrogen) atoms. The van der Waals surface area contributed by atoms with Crippen molar-refractivity contribution < 1.29 is 12.8 Å². The third-order valence-electron chi connectivity index (χ3n) is 4.69. The minimum absolute atomic E-state index is 0.0802. The van der Waals surface area contributed by atoms with Gasteiger partial charge in [0.2, 0.25) is 10.0 Å². The van der Waals surface area contributed by atoms with E-state index in [1.807, 2.05) is 13.0 Å². The smallest absolute Gasteiger partial charge is 0.246 e. The van der Waals surface area contributed by atoms with Gasteiger partial charge in [0.1, 0.15) is 10.7 Å². The molecule has 0 bridgehead atoms. The summed E-state index contributed by atoms with van der Waals surface area (Å²) in [6.07, 6.45) is 3.80. The number of nitrogens with one attached hydrogen (secondary N) is 1. The van der Waals surface area contributed by atoms with Crippen LogP contribution in [-0.4, -0.2) is 37.9 Å². The molecule has 4 nitrogen and oxygen atoms in total. The zero-order valence-electron chi connectivity index (χ0n) is 12.6. The normalized spacial score (nSPS) is 22.8. The van der Waals surface area contributed by atoms with Gasteiger partial charge in [-0.1, -0.05) is 18.2 Å². The number of benzene rings is 1.